The highest BCUT2D eigenvalue weighted by molar-refractivity contribution is 5.89. The summed E-state index contributed by atoms with van der Waals surface area (Å²) in [6.45, 7) is 4.69. The first kappa shape index (κ1) is 14.3. The lowest BCUT2D eigenvalue weighted by atomic mass is 10.1. The highest BCUT2D eigenvalue weighted by Gasteiger charge is 2.40. The molecule has 2 atom stereocenters. The number of para-hydroxylation sites is 1. The number of carbonyl (C=O) groups excluding carboxylic acids is 1. The van der Waals surface area contributed by atoms with E-state index in [1.807, 2.05) is 48.2 Å². The van der Waals surface area contributed by atoms with Crippen molar-refractivity contribution in [3.05, 3.63) is 42.1 Å². The van der Waals surface area contributed by atoms with E-state index >= 15 is 0 Å². The number of aromatic nitrogens is 2. The van der Waals surface area contributed by atoms with Crippen molar-refractivity contribution < 1.29 is 4.79 Å². The Morgan fingerprint density at radius 2 is 2.13 bits per heavy atom. The Morgan fingerprint density at radius 3 is 2.96 bits per heavy atom. The number of benzene rings is 1. The molecule has 2 N–H and O–H groups in total. The summed E-state index contributed by atoms with van der Waals surface area (Å²) in [6, 6.07) is 12.1. The fraction of sp³-hybridized carbons (Fsp3) is 0.412. The van der Waals surface area contributed by atoms with Crippen LogP contribution in [0.15, 0.2) is 36.4 Å². The van der Waals surface area contributed by atoms with Gasteiger partial charge < -0.3 is 10.2 Å². The average Bonchev–Trinajstić information content (AvgIpc) is 3.23. The predicted octanol–water partition coefficient (Wildman–Crippen LogP) is 2.01. The summed E-state index contributed by atoms with van der Waals surface area (Å²) in [5, 5.41) is 10.9. The van der Waals surface area contributed by atoms with E-state index in [0.29, 0.717) is 17.8 Å². The molecule has 6 heteroatoms. The minimum absolute atomic E-state index is 0.0294. The number of aryl methyl sites for hydroxylation is 1. The predicted molar refractivity (Wildman–Crippen MR) is 88.8 cm³/mol. The lowest BCUT2D eigenvalue weighted by molar-refractivity contribution is 0.206. The van der Waals surface area contributed by atoms with Crippen LogP contribution in [0.5, 0.6) is 0 Å². The van der Waals surface area contributed by atoms with Gasteiger partial charge in [-0.25, -0.2) is 9.48 Å². The second-order valence-electron chi connectivity index (χ2n) is 6.32. The van der Waals surface area contributed by atoms with Gasteiger partial charge in [0.2, 0.25) is 0 Å². The molecule has 0 bridgehead atoms. The van der Waals surface area contributed by atoms with Crippen molar-refractivity contribution in [2.75, 3.05) is 25.0 Å². The third kappa shape index (κ3) is 2.59. The Labute approximate surface area is 135 Å². The number of urea groups is 1. The number of hydrogen-bond donors (Lipinski definition) is 2. The summed E-state index contributed by atoms with van der Waals surface area (Å²) >= 11 is 0. The van der Waals surface area contributed by atoms with Crippen LogP contribution in [0.25, 0.3) is 5.69 Å². The number of rotatable bonds is 2. The lowest BCUT2D eigenvalue weighted by Crippen LogP contribution is -2.41. The molecule has 0 aliphatic carbocycles. The van der Waals surface area contributed by atoms with E-state index in [1.165, 1.54) is 0 Å². The van der Waals surface area contributed by atoms with Gasteiger partial charge in [-0.2, -0.15) is 5.10 Å². The molecule has 0 unspecified atom stereocenters. The highest BCUT2D eigenvalue weighted by atomic mass is 16.2. The van der Waals surface area contributed by atoms with Gasteiger partial charge in [-0.05, 0) is 31.4 Å². The molecule has 2 fully saturated rings. The van der Waals surface area contributed by atoms with E-state index in [9.17, 15) is 4.79 Å². The molecule has 6 nitrogen and oxygen atoms in total. The normalized spacial score (nSPS) is 23.1. The van der Waals surface area contributed by atoms with E-state index in [-0.39, 0.29) is 6.03 Å². The summed E-state index contributed by atoms with van der Waals surface area (Å²) < 4.78 is 1.79. The van der Waals surface area contributed by atoms with Crippen LogP contribution in [0.2, 0.25) is 0 Å². The molecule has 4 rings (SSSR count). The molecular weight excluding hydrogens is 290 g/mol. The van der Waals surface area contributed by atoms with Gasteiger partial charge in [0.25, 0.3) is 0 Å². The summed E-state index contributed by atoms with van der Waals surface area (Å²) in [7, 11) is 0. The number of fused-ring (bicyclic) bond motifs is 1. The molecule has 0 spiro atoms. The van der Waals surface area contributed by atoms with Gasteiger partial charge in [0.15, 0.2) is 0 Å². The van der Waals surface area contributed by atoms with Gasteiger partial charge >= 0.3 is 6.03 Å². The van der Waals surface area contributed by atoms with Crippen molar-refractivity contribution in [3.8, 4) is 5.69 Å². The smallest absolute Gasteiger partial charge is 0.320 e. The zero-order chi connectivity index (χ0) is 15.8. The molecule has 23 heavy (non-hydrogen) atoms. The Balaban J connectivity index is 1.56. The van der Waals surface area contributed by atoms with Crippen LogP contribution in [0.1, 0.15) is 12.1 Å². The summed E-state index contributed by atoms with van der Waals surface area (Å²) in [5.74, 6) is 1.31. The second kappa shape index (κ2) is 5.70. The molecule has 2 amide bonds. The summed E-state index contributed by atoms with van der Waals surface area (Å²) in [6.07, 6.45) is 1.09. The van der Waals surface area contributed by atoms with Gasteiger partial charge in [0, 0.05) is 31.7 Å². The van der Waals surface area contributed by atoms with E-state index in [4.69, 9.17) is 0 Å². The van der Waals surface area contributed by atoms with Crippen LogP contribution in [0.4, 0.5) is 10.6 Å². The van der Waals surface area contributed by atoms with Crippen LogP contribution in [-0.4, -0.2) is 46.4 Å². The maximum atomic E-state index is 12.7. The molecule has 120 valence electrons. The Kier molecular flexibility index (Phi) is 3.53. The van der Waals surface area contributed by atoms with E-state index < -0.39 is 0 Å². The summed E-state index contributed by atoms with van der Waals surface area (Å²) in [4.78, 5) is 14.7. The third-order valence-corrected chi connectivity index (χ3v) is 4.77. The molecule has 0 saturated carbocycles. The van der Waals surface area contributed by atoms with Crippen molar-refractivity contribution >= 4 is 11.8 Å². The van der Waals surface area contributed by atoms with Crippen LogP contribution < -0.4 is 10.6 Å². The van der Waals surface area contributed by atoms with Crippen LogP contribution >= 0.6 is 0 Å². The highest BCUT2D eigenvalue weighted by Crippen LogP contribution is 2.28. The third-order valence-electron chi connectivity index (χ3n) is 4.77. The number of hydrogen-bond acceptors (Lipinski definition) is 3. The standard InChI is InChI=1S/C17H21N5O/c1-12-9-16(22(20-12)14-5-3-2-4-6-14)19-17(23)21-8-7-13-10-18-11-15(13)21/h2-6,9,13,15,18H,7-8,10-11H2,1H3,(H,19,23)/t13-,15+/m0/s1. The largest absolute Gasteiger partial charge is 0.323 e. The maximum absolute atomic E-state index is 12.7. The second-order valence-corrected chi connectivity index (χ2v) is 6.32. The Hall–Kier alpha value is -2.34. The average molecular weight is 311 g/mol. The zero-order valence-corrected chi connectivity index (χ0v) is 13.2. The molecule has 2 aromatic rings. The number of carbonyl (C=O) groups is 1. The van der Waals surface area contributed by atoms with Crippen molar-refractivity contribution in [1.29, 1.82) is 0 Å². The van der Waals surface area contributed by atoms with Crippen LogP contribution in [0, 0.1) is 12.8 Å². The van der Waals surface area contributed by atoms with Crippen LogP contribution in [0.3, 0.4) is 0 Å². The minimum Gasteiger partial charge on any atom is -0.320 e. The first-order valence-corrected chi connectivity index (χ1v) is 8.13. The number of amides is 2. The summed E-state index contributed by atoms with van der Waals surface area (Å²) in [5.41, 5.74) is 1.82. The molecule has 2 aliphatic heterocycles. The SMILES string of the molecule is Cc1cc(NC(=O)N2CC[C@H]3CNC[C@H]32)n(-c2ccccc2)n1. The van der Waals surface area contributed by atoms with Gasteiger partial charge in [-0.15, -0.1) is 0 Å². The van der Waals surface area contributed by atoms with E-state index in [0.717, 1.165) is 37.4 Å². The number of likely N-dealkylation sites (tertiary alicyclic amines) is 1. The van der Waals surface area contributed by atoms with Crippen molar-refractivity contribution in [2.24, 2.45) is 5.92 Å². The molecule has 1 aromatic carbocycles. The Morgan fingerprint density at radius 1 is 1.30 bits per heavy atom. The van der Waals surface area contributed by atoms with Gasteiger partial charge in [0.1, 0.15) is 5.82 Å². The number of nitrogens with one attached hydrogen (secondary N) is 2. The zero-order valence-electron chi connectivity index (χ0n) is 13.2. The molecule has 1 aromatic heterocycles. The fourth-order valence-corrected chi connectivity index (χ4v) is 3.64. The monoisotopic (exact) mass is 311 g/mol. The molecule has 3 heterocycles. The first-order valence-electron chi connectivity index (χ1n) is 8.13. The van der Waals surface area contributed by atoms with Crippen molar-refractivity contribution in [3.63, 3.8) is 0 Å². The fourth-order valence-electron chi connectivity index (χ4n) is 3.64. The van der Waals surface area contributed by atoms with E-state index in [1.54, 1.807) is 4.68 Å². The minimum atomic E-state index is -0.0294. The maximum Gasteiger partial charge on any atom is 0.323 e. The van der Waals surface area contributed by atoms with E-state index in [2.05, 4.69) is 15.7 Å². The molecule has 2 saturated heterocycles. The van der Waals surface area contributed by atoms with Crippen molar-refractivity contribution in [1.82, 2.24) is 20.0 Å². The lowest BCUT2D eigenvalue weighted by Gasteiger charge is -2.23. The number of nitrogens with zero attached hydrogens (tertiary/aromatic N) is 3. The number of anilines is 1. The van der Waals surface area contributed by atoms with Crippen molar-refractivity contribution in [2.45, 2.75) is 19.4 Å². The molecular formula is C17H21N5O. The molecule has 2 aliphatic rings. The van der Waals surface area contributed by atoms with Gasteiger partial charge in [-0.1, -0.05) is 18.2 Å². The first-order chi connectivity index (χ1) is 11.2. The quantitative estimate of drug-likeness (QED) is 0.892. The van der Waals surface area contributed by atoms with Gasteiger partial charge in [-0.3, -0.25) is 5.32 Å². The topological polar surface area (TPSA) is 62.2 Å². The molecule has 0 radical (unpaired) electrons. The Bertz CT molecular complexity index is 711. The van der Waals surface area contributed by atoms with Crippen LogP contribution in [-0.2, 0) is 0 Å². The van der Waals surface area contributed by atoms with Gasteiger partial charge in [0.05, 0.1) is 11.4 Å².